The molecular weight excluding hydrogens is 427 g/mol. The lowest BCUT2D eigenvalue weighted by molar-refractivity contribution is 0.226. The fourth-order valence-corrected chi connectivity index (χ4v) is 4.20. The molecule has 5 rings (SSSR count). The van der Waals surface area contributed by atoms with Crippen LogP contribution in [0.5, 0.6) is 5.75 Å². The number of ether oxygens (including phenoxy) is 1. The summed E-state index contributed by atoms with van der Waals surface area (Å²) in [7, 11) is 3.28. The number of fused-ring (bicyclic) bond motifs is 7. The predicted molar refractivity (Wildman–Crippen MR) is 116 cm³/mol. The van der Waals surface area contributed by atoms with Crippen molar-refractivity contribution in [2.24, 2.45) is 14.1 Å². The maximum absolute atomic E-state index is 14.3. The molecular formula is C22H19FN8O2. The molecule has 1 atom stereocenters. The van der Waals surface area contributed by atoms with Crippen molar-refractivity contribution in [2.45, 2.75) is 19.4 Å². The van der Waals surface area contributed by atoms with Crippen molar-refractivity contribution in [3.05, 3.63) is 69.1 Å². The SMILES string of the molecule is CC1Oc2cc(nnc2N)-c2c(nn(C)c2C#N)Cc2cc(=O)n(C)n2-c2ccc(F)cc21. The number of halogens is 1. The van der Waals surface area contributed by atoms with E-state index in [0.717, 1.165) is 0 Å². The second-order valence-corrected chi connectivity index (χ2v) is 7.83. The first-order valence-electron chi connectivity index (χ1n) is 10.1. The third-order valence-corrected chi connectivity index (χ3v) is 5.76. The van der Waals surface area contributed by atoms with E-state index in [9.17, 15) is 14.4 Å². The molecule has 0 radical (unpaired) electrons. The van der Waals surface area contributed by atoms with Gasteiger partial charge < -0.3 is 10.5 Å². The van der Waals surface area contributed by atoms with Crippen LogP contribution in [-0.4, -0.2) is 29.3 Å². The highest BCUT2D eigenvalue weighted by Crippen LogP contribution is 2.35. The summed E-state index contributed by atoms with van der Waals surface area (Å²) in [6.45, 7) is 1.75. The number of nitriles is 1. The van der Waals surface area contributed by atoms with Crippen molar-refractivity contribution in [1.29, 1.82) is 5.26 Å². The van der Waals surface area contributed by atoms with Crippen molar-refractivity contribution >= 4 is 5.82 Å². The number of aryl methyl sites for hydroxylation is 1. The second kappa shape index (κ2) is 7.30. The van der Waals surface area contributed by atoms with Crippen molar-refractivity contribution in [1.82, 2.24) is 29.3 Å². The first-order valence-corrected chi connectivity index (χ1v) is 10.1. The van der Waals surface area contributed by atoms with Gasteiger partial charge in [0.25, 0.3) is 5.56 Å². The lowest BCUT2D eigenvalue weighted by Gasteiger charge is -2.22. The van der Waals surface area contributed by atoms with Crippen LogP contribution >= 0.6 is 0 Å². The Morgan fingerprint density at radius 3 is 2.79 bits per heavy atom. The van der Waals surface area contributed by atoms with E-state index in [2.05, 4.69) is 21.4 Å². The van der Waals surface area contributed by atoms with E-state index >= 15 is 0 Å². The predicted octanol–water partition coefficient (Wildman–Crippen LogP) is 2.00. The maximum atomic E-state index is 14.3. The average molecular weight is 446 g/mol. The molecule has 33 heavy (non-hydrogen) atoms. The van der Waals surface area contributed by atoms with Crippen LogP contribution < -0.4 is 16.0 Å². The van der Waals surface area contributed by atoms with Gasteiger partial charge in [-0.2, -0.15) is 10.4 Å². The Morgan fingerprint density at radius 1 is 1.24 bits per heavy atom. The van der Waals surface area contributed by atoms with Gasteiger partial charge in [0.05, 0.1) is 22.6 Å². The largest absolute Gasteiger partial charge is 0.482 e. The molecule has 10 nitrogen and oxygen atoms in total. The molecule has 4 aromatic rings. The van der Waals surface area contributed by atoms with Gasteiger partial charge in [0, 0.05) is 38.2 Å². The first kappa shape index (κ1) is 20.4. The van der Waals surface area contributed by atoms with Crippen LogP contribution in [0.4, 0.5) is 10.2 Å². The lowest BCUT2D eigenvalue weighted by atomic mass is 10.0. The smallest absolute Gasteiger partial charge is 0.266 e. The van der Waals surface area contributed by atoms with Crippen LogP contribution in [0.3, 0.4) is 0 Å². The van der Waals surface area contributed by atoms with Crippen molar-refractivity contribution in [3.8, 4) is 28.8 Å². The molecule has 4 heterocycles. The van der Waals surface area contributed by atoms with Crippen LogP contribution in [-0.2, 0) is 20.5 Å². The third kappa shape index (κ3) is 3.15. The molecule has 0 amide bonds. The highest BCUT2D eigenvalue weighted by atomic mass is 19.1. The lowest BCUT2D eigenvalue weighted by Crippen LogP contribution is -2.21. The molecule has 0 saturated carbocycles. The Balaban J connectivity index is 1.88. The zero-order chi connectivity index (χ0) is 23.4. The van der Waals surface area contributed by atoms with Crippen LogP contribution in [0.25, 0.3) is 16.9 Å². The van der Waals surface area contributed by atoms with E-state index in [4.69, 9.17) is 10.5 Å². The van der Waals surface area contributed by atoms with Crippen molar-refractivity contribution < 1.29 is 9.13 Å². The molecule has 11 heteroatoms. The normalized spacial score (nSPS) is 14.7. The molecule has 0 spiro atoms. The van der Waals surface area contributed by atoms with Crippen molar-refractivity contribution in [3.63, 3.8) is 0 Å². The Kier molecular flexibility index (Phi) is 4.52. The van der Waals surface area contributed by atoms with Crippen LogP contribution in [0.2, 0.25) is 0 Å². The fraction of sp³-hybridized carbons (Fsp3) is 0.227. The summed E-state index contributed by atoms with van der Waals surface area (Å²) in [6.07, 6.45) is -0.433. The Bertz CT molecular complexity index is 1520. The fourth-order valence-electron chi connectivity index (χ4n) is 4.20. The molecule has 0 saturated heterocycles. The molecule has 2 N–H and O–H groups in total. The molecule has 1 aliphatic heterocycles. The Labute approximate surface area is 187 Å². The molecule has 3 aromatic heterocycles. The number of hydrogen-bond donors (Lipinski definition) is 1. The van der Waals surface area contributed by atoms with Gasteiger partial charge in [0.2, 0.25) is 0 Å². The number of anilines is 1. The van der Waals surface area contributed by atoms with E-state index in [1.165, 1.54) is 27.6 Å². The van der Waals surface area contributed by atoms with Gasteiger partial charge in [0.15, 0.2) is 11.6 Å². The zero-order valence-electron chi connectivity index (χ0n) is 18.1. The highest BCUT2D eigenvalue weighted by molar-refractivity contribution is 5.71. The number of nitrogen functional groups attached to an aromatic ring is 1. The summed E-state index contributed by atoms with van der Waals surface area (Å²) in [5.74, 6) is -0.149. The van der Waals surface area contributed by atoms with Gasteiger partial charge in [-0.3, -0.25) is 14.2 Å². The van der Waals surface area contributed by atoms with Gasteiger partial charge in [-0.15, -0.1) is 10.2 Å². The summed E-state index contributed by atoms with van der Waals surface area (Å²) in [5, 5.41) is 22.5. The summed E-state index contributed by atoms with van der Waals surface area (Å²) in [5.41, 5.74) is 9.11. The molecule has 1 aromatic carbocycles. The molecule has 1 aliphatic rings. The minimum atomic E-state index is -0.649. The summed E-state index contributed by atoms with van der Waals surface area (Å²) < 4.78 is 25.0. The van der Waals surface area contributed by atoms with E-state index in [0.29, 0.717) is 33.9 Å². The number of aromatic nitrogens is 6. The summed E-state index contributed by atoms with van der Waals surface area (Å²) >= 11 is 0. The van der Waals surface area contributed by atoms with E-state index < -0.39 is 11.9 Å². The van der Waals surface area contributed by atoms with Gasteiger partial charge in [-0.25, -0.2) is 9.07 Å². The van der Waals surface area contributed by atoms with E-state index in [-0.39, 0.29) is 29.2 Å². The standard InChI is InChI=1S/C22H19FN8O2/c1-11-14-6-12(23)4-5-17(14)31-13(8-20(32)30(31)3)7-16-21(18(10-24)29(2)28-16)15-9-19(33-11)22(25)27-26-15/h4-6,8-9,11H,7H2,1-3H3,(H2,25,27). The third-order valence-electron chi connectivity index (χ3n) is 5.76. The highest BCUT2D eigenvalue weighted by Gasteiger charge is 2.26. The zero-order valence-corrected chi connectivity index (χ0v) is 18.1. The van der Waals surface area contributed by atoms with Gasteiger partial charge >= 0.3 is 0 Å². The van der Waals surface area contributed by atoms with Gasteiger partial charge in [0.1, 0.15) is 29.4 Å². The molecule has 0 fully saturated rings. The van der Waals surface area contributed by atoms with Crippen LogP contribution in [0.1, 0.15) is 35.7 Å². The topological polar surface area (TPSA) is 130 Å². The van der Waals surface area contributed by atoms with Crippen LogP contribution in [0.15, 0.2) is 35.1 Å². The Hall–Kier alpha value is -4.46. The first-order chi connectivity index (χ1) is 15.8. The molecule has 0 aliphatic carbocycles. The van der Waals surface area contributed by atoms with E-state index in [1.807, 2.05) is 0 Å². The van der Waals surface area contributed by atoms with Gasteiger partial charge in [-0.1, -0.05) is 0 Å². The Morgan fingerprint density at radius 2 is 2.03 bits per heavy atom. The number of hydrogen-bond acceptors (Lipinski definition) is 7. The van der Waals surface area contributed by atoms with Crippen molar-refractivity contribution in [2.75, 3.05) is 5.73 Å². The molecule has 166 valence electrons. The maximum Gasteiger partial charge on any atom is 0.266 e. The molecule has 1 unspecified atom stereocenters. The van der Waals surface area contributed by atoms with Crippen LogP contribution in [0, 0.1) is 17.1 Å². The number of nitrogens with zero attached hydrogens (tertiary/aromatic N) is 7. The minimum absolute atomic E-state index is 0.0543. The number of rotatable bonds is 0. The summed E-state index contributed by atoms with van der Waals surface area (Å²) in [4.78, 5) is 12.7. The minimum Gasteiger partial charge on any atom is -0.482 e. The number of benzene rings is 1. The average Bonchev–Trinajstić information content (AvgIpc) is 3.24. The summed E-state index contributed by atoms with van der Waals surface area (Å²) in [6, 6.07) is 9.54. The monoisotopic (exact) mass is 446 g/mol. The molecule has 2 bridgehead atoms. The second-order valence-electron chi connectivity index (χ2n) is 7.83. The van der Waals surface area contributed by atoms with E-state index in [1.54, 1.807) is 37.8 Å². The number of nitrogens with two attached hydrogens (primary N) is 1. The quantitative estimate of drug-likeness (QED) is 0.437. The van der Waals surface area contributed by atoms with Gasteiger partial charge in [-0.05, 0) is 25.1 Å².